The molecule has 2 fully saturated rings. The van der Waals surface area contributed by atoms with E-state index in [1.807, 2.05) is 0 Å². The minimum absolute atomic E-state index is 0.217. The third kappa shape index (κ3) is 7.89. The highest BCUT2D eigenvalue weighted by molar-refractivity contribution is 5.72. The quantitative estimate of drug-likeness (QED) is 0.194. The van der Waals surface area contributed by atoms with Gasteiger partial charge >= 0.3 is 5.97 Å². The maximum Gasteiger partial charge on any atom is 0.311 e. The van der Waals surface area contributed by atoms with Gasteiger partial charge in [-0.05, 0) is 73.8 Å². The van der Waals surface area contributed by atoms with E-state index in [9.17, 15) is 9.18 Å². The van der Waals surface area contributed by atoms with Crippen molar-refractivity contribution in [2.24, 2.45) is 23.7 Å². The number of hydrogen-bond acceptors (Lipinski definition) is 2. The molecule has 1 aromatic carbocycles. The van der Waals surface area contributed by atoms with E-state index in [4.69, 9.17) is 4.74 Å². The first-order chi connectivity index (χ1) is 15.6. The standard InChI is InChI=1S/C29H45FO2/c1-3-5-6-10-25-17-18-27(21-28(25)30)32-29(31)19-14-23-9-7-11-26(20-23)24-15-12-22(8-4-2)13-16-24/h17-18,21-24,26H,3-16,19-20H2,1-2H3/t22-,23?,24-,26-/m0/s1. The van der Waals surface area contributed by atoms with Crippen LogP contribution >= 0.6 is 0 Å². The molecule has 3 heteroatoms. The van der Waals surface area contributed by atoms with Gasteiger partial charge in [0.05, 0.1) is 0 Å². The molecule has 2 aliphatic rings. The Morgan fingerprint density at radius 2 is 1.75 bits per heavy atom. The van der Waals surface area contributed by atoms with Crippen LogP contribution in [0.5, 0.6) is 5.75 Å². The van der Waals surface area contributed by atoms with Crippen molar-refractivity contribution in [3.05, 3.63) is 29.6 Å². The molecule has 0 heterocycles. The molecule has 1 unspecified atom stereocenters. The molecule has 3 rings (SSSR count). The van der Waals surface area contributed by atoms with Gasteiger partial charge in [-0.2, -0.15) is 0 Å². The summed E-state index contributed by atoms with van der Waals surface area (Å²) in [5.41, 5.74) is 0.718. The van der Waals surface area contributed by atoms with E-state index in [1.165, 1.54) is 70.3 Å². The van der Waals surface area contributed by atoms with Crippen LogP contribution in [0, 0.1) is 29.5 Å². The summed E-state index contributed by atoms with van der Waals surface area (Å²) in [6, 6.07) is 4.90. The van der Waals surface area contributed by atoms with E-state index in [2.05, 4.69) is 13.8 Å². The summed E-state index contributed by atoms with van der Waals surface area (Å²) in [5, 5.41) is 0. The molecule has 0 bridgehead atoms. The van der Waals surface area contributed by atoms with E-state index in [0.717, 1.165) is 55.4 Å². The van der Waals surface area contributed by atoms with Gasteiger partial charge in [0.25, 0.3) is 0 Å². The second-order valence-corrected chi connectivity index (χ2v) is 10.6. The Kier molecular flexibility index (Phi) is 10.5. The van der Waals surface area contributed by atoms with Crippen molar-refractivity contribution in [1.82, 2.24) is 0 Å². The Hall–Kier alpha value is -1.38. The van der Waals surface area contributed by atoms with Gasteiger partial charge in [-0.25, -0.2) is 4.39 Å². The van der Waals surface area contributed by atoms with Crippen molar-refractivity contribution in [2.75, 3.05) is 0 Å². The Morgan fingerprint density at radius 3 is 2.47 bits per heavy atom. The first-order valence-electron chi connectivity index (χ1n) is 13.6. The smallest absolute Gasteiger partial charge is 0.311 e. The Balaban J connectivity index is 1.39. The van der Waals surface area contributed by atoms with Crippen LogP contribution in [0.1, 0.15) is 116 Å². The molecule has 0 aromatic heterocycles. The Bertz CT molecular complexity index is 692. The van der Waals surface area contributed by atoms with Crippen LogP contribution in [-0.4, -0.2) is 5.97 Å². The summed E-state index contributed by atoms with van der Waals surface area (Å²) in [6.45, 7) is 4.45. The maximum absolute atomic E-state index is 14.3. The molecule has 0 spiro atoms. The monoisotopic (exact) mass is 444 g/mol. The van der Waals surface area contributed by atoms with E-state index in [0.29, 0.717) is 18.1 Å². The number of carbonyl (C=O) groups excluding carboxylic acids is 1. The topological polar surface area (TPSA) is 26.3 Å². The summed E-state index contributed by atoms with van der Waals surface area (Å²) >= 11 is 0. The Labute approximate surface area is 195 Å². The van der Waals surface area contributed by atoms with E-state index in [-0.39, 0.29) is 11.8 Å². The summed E-state index contributed by atoms with van der Waals surface area (Å²) < 4.78 is 19.8. The first-order valence-corrected chi connectivity index (χ1v) is 13.6. The third-order valence-electron chi connectivity index (χ3n) is 8.14. The van der Waals surface area contributed by atoms with Crippen LogP contribution < -0.4 is 4.74 Å². The number of esters is 1. The third-order valence-corrected chi connectivity index (χ3v) is 8.14. The van der Waals surface area contributed by atoms with Crippen molar-refractivity contribution < 1.29 is 13.9 Å². The number of carbonyl (C=O) groups is 1. The summed E-state index contributed by atoms with van der Waals surface area (Å²) in [5.74, 6) is 3.27. The number of aryl methyl sites for hydroxylation is 1. The minimum atomic E-state index is -0.254. The zero-order valence-corrected chi connectivity index (χ0v) is 20.5. The molecule has 1 aromatic rings. The highest BCUT2D eigenvalue weighted by Crippen LogP contribution is 2.43. The fraction of sp³-hybridized carbons (Fsp3) is 0.759. The van der Waals surface area contributed by atoms with Crippen molar-refractivity contribution in [3.63, 3.8) is 0 Å². The average Bonchev–Trinajstić information content (AvgIpc) is 2.80. The van der Waals surface area contributed by atoms with Crippen LogP contribution in [0.15, 0.2) is 18.2 Å². The first kappa shape index (κ1) is 25.2. The molecule has 32 heavy (non-hydrogen) atoms. The second-order valence-electron chi connectivity index (χ2n) is 10.6. The lowest BCUT2D eigenvalue weighted by molar-refractivity contribution is -0.134. The van der Waals surface area contributed by atoms with Gasteiger partial charge in [-0.15, -0.1) is 0 Å². The molecule has 2 atom stereocenters. The van der Waals surface area contributed by atoms with Crippen LogP contribution in [0.25, 0.3) is 0 Å². The van der Waals surface area contributed by atoms with Gasteiger partial charge in [-0.1, -0.05) is 77.7 Å². The number of ether oxygens (including phenoxy) is 1. The predicted octanol–water partition coefficient (Wildman–Crippen LogP) is 8.66. The molecule has 0 radical (unpaired) electrons. The highest BCUT2D eigenvalue weighted by atomic mass is 19.1. The number of hydrogen-bond donors (Lipinski definition) is 0. The molecular weight excluding hydrogens is 399 g/mol. The van der Waals surface area contributed by atoms with Crippen molar-refractivity contribution in [1.29, 1.82) is 0 Å². The molecule has 180 valence electrons. The summed E-state index contributed by atoms with van der Waals surface area (Å²) in [7, 11) is 0. The van der Waals surface area contributed by atoms with E-state index in [1.54, 1.807) is 12.1 Å². The molecule has 2 aliphatic carbocycles. The van der Waals surface area contributed by atoms with Crippen LogP contribution in [0.2, 0.25) is 0 Å². The van der Waals surface area contributed by atoms with Gasteiger partial charge in [0.2, 0.25) is 0 Å². The van der Waals surface area contributed by atoms with Gasteiger partial charge < -0.3 is 4.74 Å². The maximum atomic E-state index is 14.3. The lowest BCUT2D eigenvalue weighted by Crippen LogP contribution is -2.27. The fourth-order valence-corrected chi connectivity index (χ4v) is 6.24. The number of rotatable bonds is 11. The highest BCUT2D eigenvalue weighted by Gasteiger charge is 2.31. The lowest BCUT2D eigenvalue weighted by Gasteiger charge is -2.38. The number of benzene rings is 1. The summed E-state index contributed by atoms with van der Waals surface area (Å²) in [6.07, 6.45) is 19.0. The molecule has 2 nitrogen and oxygen atoms in total. The zero-order valence-electron chi connectivity index (χ0n) is 20.5. The van der Waals surface area contributed by atoms with Crippen LogP contribution in [-0.2, 0) is 11.2 Å². The normalized spacial score (nSPS) is 26.1. The van der Waals surface area contributed by atoms with E-state index < -0.39 is 0 Å². The SMILES string of the molecule is CCCCCc1ccc(OC(=O)CCC2CCC[C@H]([C@H]3CC[C@H](CCC)CC3)C2)cc1F. The molecular formula is C29H45FO2. The van der Waals surface area contributed by atoms with Crippen molar-refractivity contribution >= 4 is 5.97 Å². The largest absolute Gasteiger partial charge is 0.426 e. The molecule has 0 amide bonds. The molecule has 0 N–H and O–H groups in total. The van der Waals surface area contributed by atoms with Gasteiger partial charge in [0, 0.05) is 12.5 Å². The van der Waals surface area contributed by atoms with Crippen LogP contribution in [0.3, 0.4) is 0 Å². The van der Waals surface area contributed by atoms with Gasteiger partial charge in [0.15, 0.2) is 0 Å². The number of halogens is 1. The fourth-order valence-electron chi connectivity index (χ4n) is 6.24. The lowest BCUT2D eigenvalue weighted by atomic mass is 9.67. The molecule has 2 saturated carbocycles. The van der Waals surface area contributed by atoms with Crippen molar-refractivity contribution in [3.8, 4) is 5.75 Å². The van der Waals surface area contributed by atoms with Gasteiger partial charge in [0.1, 0.15) is 11.6 Å². The second kappa shape index (κ2) is 13.4. The predicted molar refractivity (Wildman–Crippen MR) is 130 cm³/mol. The van der Waals surface area contributed by atoms with E-state index >= 15 is 0 Å². The summed E-state index contributed by atoms with van der Waals surface area (Å²) in [4.78, 5) is 12.4. The molecule has 0 saturated heterocycles. The van der Waals surface area contributed by atoms with Crippen LogP contribution in [0.4, 0.5) is 4.39 Å². The number of unbranched alkanes of at least 4 members (excludes halogenated alkanes) is 2. The molecule has 0 aliphatic heterocycles. The van der Waals surface area contributed by atoms with Gasteiger partial charge in [-0.3, -0.25) is 4.79 Å². The average molecular weight is 445 g/mol. The Morgan fingerprint density at radius 1 is 0.938 bits per heavy atom. The minimum Gasteiger partial charge on any atom is -0.426 e. The zero-order chi connectivity index (χ0) is 22.8. The van der Waals surface area contributed by atoms with Crippen molar-refractivity contribution in [2.45, 2.75) is 117 Å².